The van der Waals surface area contributed by atoms with E-state index >= 15 is 4.39 Å². The fourth-order valence-electron chi connectivity index (χ4n) is 4.94. The molecule has 0 aromatic heterocycles. The van der Waals surface area contributed by atoms with Crippen molar-refractivity contribution in [2.75, 3.05) is 13.7 Å². The van der Waals surface area contributed by atoms with Gasteiger partial charge in [-0.1, -0.05) is 0 Å². The monoisotopic (exact) mass is 426 g/mol. The third-order valence-electron chi connectivity index (χ3n) is 6.66. The number of carbonyl (C=O) groups is 2. The molecule has 0 bridgehead atoms. The van der Waals surface area contributed by atoms with Gasteiger partial charge in [-0.05, 0) is 84.2 Å². The lowest BCUT2D eigenvalue weighted by Crippen LogP contribution is -2.30. The van der Waals surface area contributed by atoms with Crippen LogP contribution in [0.1, 0.15) is 45.4 Å². The van der Waals surface area contributed by atoms with Gasteiger partial charge in [0.2, 0.25) is 0 Å². The van der Waals surface area contributed by atoms with Gasteiger partial charge in [0.1, 0.15) is 0 Å². The minimum absolute atomic E-state index is 0.0665. The van der Waals surface area contributed by atoms with Gasteiger partial charge in [-0.2, -0.15) is 0 Å². The van der Waals surface area contributed by atoms with Crippen LogP contribution in [0.5, 0.6) is 5.75 Å². The Hall–Kier alpha value is -3.09. The first-order valence-electron chi connectivity index (χ1n) is 10.4. The second kappa shape index (κ2) is 7.87. The standard InChI is InChI=1S/C24H27FN2O4/c1-12-15-6-5-7-31-23(15)20(25)8-16(12)22-14(3)19-11-27(24(26)29)10-18(19)13(2)17(22)9-21(28)30-4/h8H,5-7,9-11H2,1-4H3,(H2,26,29). The second-order valence-electron chi connectivity index (χ2n) is 8.30. The highest BCUT2D eigenvalue weighted by Gasteiger charge is 2.31. The molecule has 4 rings (SSSR count). The largest absolute Gasteiger partial charge is 0.490 e. The lowest BCUT2D eigenvalue weighted by Gasteiger charge is -2.25. The molecule has 0 aliphatic carbocycles. The highest BCUT2D eigenvalue weighted by atomic mass is 19.1. The summed E-state index contributed by atoms with van der Waals surface area (Å²) in [5.74, 6) is -0.430. The Kier molecular flexibility index (Phi) is 5.37. The SMILES string of the molecule is COC(=O)Cc1c(C)c2c(c(C)c1-c1cc(F)c3c(c1C)CCCO3)CN(C(N)=O)C2. The van der Waals surface area contributed by atoms with Crippen molar-refractivity contribution in [1.82, 2.24) is 4.90 Å². The molecule has 0 fully saturated rings. The molecule has 0 radical (unpaired) electrons. The van der Waals surface area contributed by atoms with Gasteiger partial charge in [-0.3, -0.25) is 4.79 Å². The summed E-state index contributed by atoms with van der Waals surface area (Å²) in [4.78, 5) is 25.7. The highest BCUT2D eigenvalue weighted by Crippen LogP contribution is 2.43. The number of ether oxygens (including phenoxy) is 2. The van der Waals surface area contributed by atoms with Gasteiger partial charge < -0.3 is 20.1 Å². The number of fused-ring (bicyclic) bond motifs is 2. The van der Waals surface area contributed by atoms with Crippen molar-refractivity contribution in [3.05, 3.63) is 50.8 Å². The number of primary amides is 1. The highest BCUT2D eigenvalue weighted by molar-refractivity contribution is 5.85. The van der Waals surface area contributed by atoms with Crippen LogP contribution in [0.25, 0.3) is 11.1 Å². The van der Waals surface area contributed by atoms with Crippen molar-refractivity contribution in [1.29, 1.82) is 0 Å². The summed E-state index contributed by atoms with van der Waals surface area (Å²) in [6.07, 6.45) is 1.65. The number of hydrogen-bond donors (Lipinski definition) is 1. The van der Waals surface area contributed by atoms with E-state index in [1.54, 1.807) is 4.90 Å². The number of halogens is 1. The molecule has 2 amide bonds. The second-order valence-corrected chi connectivity index (χ2v) is 8.30. The third kappa shape index (κ3) is 3.42. The molecule has 0 saturated heterocycles. The van der Waals surface area contributed by atoms with Crippen LogP contribution in [-0.2, 0) is 35.5 Å². The molecule has 0 atom stereocenters. The van der Waals surface area contributed by atoms with Crippen LogP contribution in [0.2, 0.25) is 0 Å². The fraction of sp³-hybridized carbons (Fsp3) is 0.417. The van der Waals surface area contributed by atoms with Gasteiger partial charge in [0.15, 0.2) is 11.6 Å². The molecule has 0 saturated carbocycles. The zero-order chi connectivity index (χ0) is 22.4. The van der Waals surface area contributed by atoms with Gasteiger partial charge in [0.25, 0.3) is 0 Å². The van der Waals surface area contributed by atoms with E-state index < -0.39 is 11.8 Å². The van der Waals surface area contributed by atoms with Crippen molar-refractivity contribution in [2.45, 2.75) is 53.1 Å². The molecule has 2 aliphatic rings. The van der Waals surface area contributed by atoms with Gasteiger partial charge in [0.05, 0.1) is 20.1 Å². The average Bonchev–Trinajstić information content (AvgIpc) is 3.21. The van der Waals surface area contributed by atoms with E-state index in [0.717, 1.165) is 62.9 Å². The molecule has 2 N–H and O–H groups in total. The van der Waals surface area contributed by atoms with Crippen molar-refractivity contribution < 1.29 is 23.5 Å². The summed E-state index contributed by atoms with van der Waals surface area (Å²) in [6.45, 7) is 7.19. The Morgan fingerprint density at radius 2 is 1.81 bits per heavy atom. The third-order valence-corrected chi connectivity index (χ3v) is 6.66. The molecule has 2 aromatic carbocycles. The number of hydrogen-bond acceptors (Lipinski definition) is 4. The number of rotatable bonds is 3. The molecule has 31 heavy (non-hydrogen) atoms. The number of carbonyl (C=O) groups excluding carboxylic acids is 2. The van der Waals surface area contributed by atoms with Crippen LogP contribution in [0, 0.1) is 26.6 Å². The zero-order valence-electron chi connectivity index (χ0n) is 18.4. The Balaban J connectivity index is 1.99. The predicted molar refractivity (Wildman–Crippen MR) is 114 cm³/mol. The number of esters is 1. The Morgan fingerprint density at radius 3 is 2.45 bits per heavy atom. The summed E-state index contributed by atoms with van der Waals surface area (Å²) in [5, 5.41) is 0. The minimum atomic E-state index is -0.487. The Labute approximate surface area is 181 Å². The predicted octanol–water partition coefficient (Wildman–Crippen LogP) is 3.85. The maximum atomic E-state index is 15.0. The van der Waals surface area contributed by atoms with Crippen LogP contribution in [0.3, 0.4) is 0 Å². The smallest absolute Gasteiger partial charge is 0.315 e. The lowest BCUT2D eigenvalue weighted by molar-refractivity contribution is -0.139. The van der Waals surface area contributed by atoms with Crippen LogP contribution in [-0.4, -0.2) is 30.6 Å². The first-order chi connectivity index (χ1) is 14.7. The maximum Gasteiger partial charge on any atom is 0.315 e. The average molecular weight is 426 g/mol. The zero-order valence-corrected chi connectivity index (χ0v) is 18.4. The summed E-state index contributed by atoms with van der Waals surface area (Å²) in [6, 6.07) is 1.02. The summed E-state index contributed by atoms with van der Waals surface area (Å²) >= 11 is 0. The van der Waals surface area contributed by atoms with E-state index in [-0.39, 0.29) is 12.4 Å². The Bertz CT molecular complexity index is 1110. The summed E-state index contributed by atoms with van der Waals surface area (Å²) in [7, 11) is 1.35. The lowest BCUT2D eigenvalue weighted by atomic mass is 9.81. The number of nitrogens with zero attached hydrogens (tertiary/aromatic N) is 1. The fourth-order valence-corrected chi connectivity index (χ4v) is 4.94. The van der Waals surface area contributed by atoms with E-state index in [4.69, 9.17) is 15.2 Å². The summed E-state index contributed by atoms with van der Waals surface area (Å²) < 4.78 is 25.6. The van der Waals surface area contributed by atoms with Crippen LogP contribution >= 0.6 is 0 Å². The molecule has 2 aromatic rings. The topological polar surface area (TPSA) is 81.9 Å². The molecular formula is C24H27FN2O4. The number of urea groups is 1. The van der Waals surface area contributed by atoms with Gasteiger partial charge in [0, 0.05) is 18.7 Å². The van der Waals surface area contributed by atoms with Crippen LogP contribution < -0.4 is 10.5 Å². The summed E-state index contributed by atoms with van der Waals surface area (Å²) in [5.41, 5.74) is 13.6. The van der Waals surface area contributed by atoms with E-state index in [2.05, 4.69) is 0 Å². The van der Waals surface area contributed by atoms with Crippen molar-refractivity contribution >= 4 is 12.0 Å². The van der Waals surface area contributed by atoms with Crippen LogP contribution in [0.15, 0.2) is 6.07 Å². The van der Waals surface area contributed by atoms with Gasteiger partial charge in [-0.25, -0.2) is 9.18 Å². The van der Waals surface area contributed by atoms with Gasteiger partial charge >= 0.3 is 12.0 Å². The Morgan fingerprint density at radius 1 is 1.13 bits per heavy atom. The number of amides is 2. The number of nitrogens with two attached hydrogens (primary N) is 1. The first-order valence-corrected chi connectivity index (χ1v) is 10.4. The number of benzene rings is 2. The quantitative estimate of drug-likeness (QED) is 0.756. The normalized spacial score (nSPS) is 14.7. The van der Waals surface area contributed by atoms with Crippen molar-refractivity contribution in [3.8, 4) is 16.9 Å². The minimum Gasteiger partial charge on any atom is -0.490 e. The van der Waals surface area contributed by atoms with Crippen molar-refractivity contribution in [3.63, 3.8) is 0 Å². The molecular weight excluding hydrogens is 399 g/mol. The molecule has 2 aliphatic heterocycles. The first kappa shape index (κ1) is 21.2. The van der Waals surface area contributed by atoms with E-state index in [9.17, 15) is 9.59 Å². The van der Waals surface area contributed by atoms with E-state index in [1.807, 2.05) is 20.8 Å². The molecule has 7 heteroatoms. The van der Waals surface area contributed by atoms with E-state index in [1.165, 1.54) is 13.2 Å². The molecule has 6 nitrogen and oxygen atoms in total. The number of methoxy groups -OCH3 is 1. The molecule has 0 unspecified atom stereocenters. The van der Waals surface area contributed by atoms with Crippen LogP contribution in [0.4, 0.5) is 9.18 Å². The van der Waals surface area contributed by atoms with Gasteiger partial charge in [-0.15, -0.1) is 0 Å². The van der Waals surface area contributed by atoms with Crippen molar-refractivity contribution in [2.24, 2.45) is 5.73 Å². The maximum absolute atomic E-state index is 15.0. The molecule has 0 spiro atoms. The molecule has 2 heterocycles. The van der Waals surface area contributed by atoms with E-state index in [0.29, 0.717) is 25.4 Å². The molecule has 164 valence electrons.